The number of rotatable bonds is 6. The van der Waals surface area contributed by atoms with E-state index in [4.69, 9.17) is 4.74 Å². The Kier molecular flexibility index (Phi) is 6.87. The van der Waals surface area contributed by atoms with Crippen molar-refractivity contribution in [1.82, 2.24) is 14.5 Å². The minimum absolute atomic E-state index is 0.0000490. The molecule has 3 unspecified atom stereocenters. The molecule has 1 aliphatic rings. The minimum atomic E-state index is -0.618. The van der Waals surface area contributed by atoms with Crippen molar-refractivity contribution in [3.05, 3.63) is 87.6 Å². The van der Waals surface area contributed by atoms with E-state index in [0.717, 1.165) is 33.5 Å². The van der Waals surface area contributed by atoms with Crippen LogP contribution in [0.3, 0.4) is 0 Å². The van der Waals surface area contributed by atoms with Crippen LogP contribution in [0, 0.1) is 20.8 Å². The number of carbonyl (C=O) groups excluding carboxylic acids is 2. The number of hydrogen-bond donors (Lipinski definition) is 0. The van der Waals surface area contributed by atoms with Gasteiger partial charge >= 0.3 is 5.97 Å². The topological polar surface area (TPSA) is 81.5 Å². The van der Waals surface area contributed by atoms with Gasteiger partial charge in [-0.15, -0.1) is 0 Å². The van der Waals surface area contributed by atoms with E-state index in [1.165, 1.54) is 17.7 Å². The van der Waals surface area contributed by atoms with E-state index in [-0.39, 0.29) is 23.9 Å². The first-order valence-corrected chi connectivity index (χ1v) is 11.8. The average molecular weight is 474 g/mol. The molecule has 3 atom stereocenters. The maximum absolute atomic E-state index is 13.7. The minimum Gasteiger partial charge on any atom is -0.469 e. The van der Waals surface area contributed by atoms with Crippen molar-refractivity contribution >= 4 is 11.9 Å². The molecule has 1 saturated heterocycles. The number of pyridine rings is 2. The van der Waals surface area contributed by atoms with E-state index < -0.39 is 18.1 Å². The van der Waals surface area contributed by atoms with Crippen LogP contribution >= 0.6 is 0 Å². The Morgan fingerprint density at radius 1 is 1.11 bits per heavy atom. The zero-order valence-electron chi connectivity index (χ0n) is 20.8. The first-order chi connectivity index (χ1) is 16.7. The van der Waals surface area contributed by atoms with Crippen LogP contribution in [-0.2, 0) is 14.3 Å². The second-order valence-corrected chi connectivity index (χ2v) is 9.31. The second-order valence-electron chi connectivity index (χ2n) is 9.31. The molecule has 3 heterocycles. The lowest BCUT2D eigenvalue weighted by Gasteiger charge is -2.32. The summed E-state index contributed by atoms with van der Waals surface area (Å²) in [7, 11) is 1.34. The number of hydrogen-bond acceptors (Lipinski definition) is 5. The van der Waals surface area contributed by atoms with Gasteiger partial charge in [-0.3, -0.25) is 19.4 Å². The quantitative estimate of drug-likeness (QED) is 0.499. The Labute approximate surface area is 205 Å². The fourth-order valence-electron chi connectivity index (χ4n) is 4.96. The highest BCUT2D eigenvalue weighted by atomic mass is 16.5. The van der Waals surface area contributed by atoms with Gasteiger partial charge in [0.2, 0.25) is 5.91 Å². The third-order valence-corrected chi connectivity index (χ3v) is 6.87. The van der Waals surface area contributed by atoms with Gasteiger partial charge in [-0.2, -0.15) is 0 Å². The summed E-state index contributed by atoms with van der Waals surface area (Å²) >= 11 is 0. The van der Waals surface area contributed by atoms with Crippen LogP contribution in [0.25, 0.3) is 11.1 Å². The molecule has 4 rings (SSSR count). The molecule has 1 aliphatic heterocycles. The number of aromatic nitrogens is 2. The first kappa shape index (κ1) is 24.4. The molecule has 0 spiro atoms. The van der Waals surface area contributed by atoms with Gasteiger partial charge in [-0.1, -0.05) is 24.3 Å². The summed E-state index contributed by atoms with van der Waals surface area (Å²) in [6.07, 6.45) is 3.88. The zero-order valence-corrected chi connectivity index (χ0v) is 20.8. The number of esters is 1. The van der Waals surface area contributed by atoms with Crippen LogP contribution in [0.2, 0.25) is 0 Å². The van der Waals surface area contributed by atoms with Crippen molar-refractivity contribution < 1.29 is 14.3 Å². The van der Waals surface area contributed by atoms with E-state index in [1.807, 2.05) is 64.1 Å². The highest BCUT2D eigenvalue weighted by Gasteiger charge is 2.43. The number of amides is 1. The fraction of sp³-hybridized carbons (Fsp3) is 0.357. The Balaban J connectivity index is 1.77. The molecule has 2 aromatic heterocycles. The van der Waals surface area contributed by atoms with Crippen LogP contribution in [0.1, 0.15) is 54.2 Å². The van der Waals surface area contributed by atoms with Crippen molar-refractivity contribution in [2.75, 3.05) is 7.11 Å². The van der Waals surface area contributed by atoms with E-state index in [1.54, 1.807) is 17.3 Å². The Morgan fingerprint density at radius 2 is 1.86 bits per heavy atom. The largest absolute Gasteiger partial charge is 0.469 e. The highest BCUT2D eigenvalue weighted by molar-refractivity contribution is 5.84. The van der Waals surface area contributed by atoms with Crippen LogP contribution in [-0.4, -0.2) is 39.5 Å². The predicted octanol–water partition coefficient (Wildman–Crippen LogP) is 4.30. The molecule has 0 saturated carbocycles. The summed E-state index contributed by atoms with van der Waals surface area (Å²) in [5, 5.41) is 0. The number of carbonyl (C=O) groups is 2. The molecule has 1 aromatic carbocycles. The molecule has 3 aromatic rings. The summed E-state index contributed by atoms with van der Waals surface area (Å²) in [6, 6.07) is 12.1. The lowest BCUT2D eigenvalue weighted by molar-refractivity contribution is -0.144. The molecule has 182 valence electrons. The lowest BCUT2D eigenvalue weighted by Crippen LogP contribution is -2.38. The summed E-state index contributed by atoms with van der Waals surface area (Å²) in [5.41, 5.74) is 5.40. The van der Waals surface area contributed by atoms with E-state index in [2.05, 4.69) is 4.98 Å². The van der Waals surface area contributed by atoms with Gasteiger partial charge in [0, 0.05) is 35.8 Å². The van der Waals surface area contributed by atoms with Crippen LogP contribution < -0.4 is 5.56 Å². The van der Waals surface area contributed by atoms with Gasteiger partial charge in [0.25, 0.3) is 5.56 Å². The van der Waals surface area contributed by atoms with E-state index >= 15 is 0 Å². The normalized spacial score (nSPS) is 18.5. The molecule has 35 heavy (non-hydrogen) atoms. The van der Waals surface area contributed by atoms with Crippen molar-refractivity contribution in [3.8, 4) is 11.1 Å². The molecular formula is C28H31N3O4. The van der Waals surface area contributed by atoms with Gasteiger partial charge in [0.15, 0.2) is 0 Å². The number of likely N-dealkylation sites (tertiary alicyclic amines) is 1. The molecule has 0 bridgehead atoms. The Hall–Kier alpha value is -3.74. The van der Waals surface area contributed by atoms with Crippen molar-refractivity contribution in [3.63, 3.8) is 0 Å². The molecule has 0 aliphatic carbocycles. The molecular weight excluding hydrogens is 442 g/mol. The van der Waals surface area contributed by atoms with Gasteiger partial charge < -0.3 is 14.2 Å². The lowest BCUT2D eigenvalue weighted by atomic mass is 9.95. The fourth-order valence-corrected chi connectivity index (χ4v) is 4.96. The summed E-state index contributed by atoms with van der Waals surface area (Å²) < 4.78 is 6.47. The standard InChI is InChI=1S/C28H31N3O4/c1-17-10-11-30(26(32)12-17)25-13-19(3)31(28(25)34)24(15-27(33)35-5)21-14-23(20(4)29-16-21)22-9-7-6-8-18(22)2/h6-12,14,16,19,24-25H,13,15H2,1-5H3. The smallest absolute Gasteiger partial charge is 0.307 e. The molecule has 0 N–H and O–H groups in total. The van der Waals surface area contributed by atoms with Crippen LogP contribution in [0.4, 0.5) is 0 Å². The Bertz CT molecular complexity index is 1330. The monoisotopic (exact) mass is 473 g/mol. The van der Waals surface area contributed by atoms with Gasteiger partial charge in [-0.05, 0) is 68.5 Å². The molecule has 7 heteroatoms. The van der Waals surface area contributed by atoms with Gasteiger partial charge in [-0.25, -0.2) is 0 Å². The molecule has 1 fully saturated rings. The van der Waals surface area contributed by atoms with Crippen molar-refractivity contribution in [1.29, 1.82) is 0 Å². The third-order valence-electron chi connectivity index (χ3n) is 6.87. The number of ether oxygens (including phenoxy) is 1. The SMILES string of the molecule is COC(=O)CC(c1cnc(C)c(-c2ccccc2C)c1)N1C(=O)C(n2ccc(C)cc2=O)CC1C. The summed E-state index contributed by atoms with van der Waals surface area (Å²) in [6.45, 7) is 7.79. The number of methoxy groups -OCH3 is 1. The average Bonchev–Trinajstić information content (AvgIpc) is 3.11. The van der Waals surface area contributed by atoms with E-state index in [9.17, 15) is 14.4 Å². The van der Waals surface area contributed by atoms with Gasteiger partial charge in [0.05, 0.1) is 19.6 Å². The van der Waals surface area contributed by atoms with E-state index in [0.29, 0.717) is 6.42 Å². The number of benzene rings is 1. The summed E-state index contributed by atoms with van der Waals surface area (Å²) in [4.78, 5) is 45.1. The maximum atomic E-state index is 13.7. The highest BCUT2D eigenvalue weighted by Crippen LogP contribution is 2.38. The third kappa shape index (κ3) is 4.76. The Morgan fingerprint density at radius 3 is 2.54 bits per heavy atom. The molecule has 0 radical (unpaired) electrons. The predicted molar refractivity (Wildman–Crippen MR) is 134 cm³/mol. The second kappa shape index (κ2) is 9.86. The molecule has 1 amide bonds. The van der Waals surface area contributed by atoms with Crippen LogP contribution in [0.5, 0.6) is 0 Å². The summed E-state index contributed by atoms with van der Waals surface area (Å²) in [5.74, 6) is -0.598. The zero-order chi connectivity index (χ0) is 25.3. The van der Waals surface area contributed by atoms with Gasteiger partial charge in [0.1, 0.15) is 6.04 Å². The number of aryl methyl sites for hydroxylation is 3. The number of nitrogens with zero attached hydrogens (tertiary/aromatic N) is 3. The molecule has 7 nitrogen and oxygen atoms in total. The maximum Gasteiger partial charge on any atom is 0.307 e. The van der Waals surface area contributed by atoms with Crippen molar-refractivity contribution in [2.45, 2.75) is 58.7 Å². The van der Waals surface area contributed by atoms with Crippen molar-refractivity contribution in [2.24, 2.45) is 0 Å². The van der Waals surface area contributed by atoms with Crippen LogP contribution in [0.15, 0.2) is 59.7 Å². The first-order valence-electron chi connectivity index (χ1n) is 11.8.